The molecule has 0 fully saturated rings. The van der Waals surface area contributed by atoms with Crippen LogP contribution in [-0.4, -0.2) is 35.6 Å². The predicted molar refractivity (Wildman–Crippen MR) is 107 cm³/mol. The van der Waals surface area contributed by atoms with E-state index in [4.69, 9.17) is 0 Å². The first kappa shape index (κ1) is 23.4. The molecule has 26 heavy (non-hydrogen) atoms. The van der Waals surface area contributed by atoms with E-state index in [1.807, 2.05) is 12.1 Å². The van der Waals surface area contributed by atoms with Gasteiger partial charge in [-0.15, -0.1) is 0 Å². The minimum Gasteiger partial charge on any atom is -1.00 e. The van der Waals surface area contributed by atoms with Gasteiger partial charge in [-0.2, -0.15) is 0 Å². The second-order valence-electron chi connectivity index (χ2n) is 7.30. The average Bonchev–Trinajstić information content (AvgIpc) is 2.88. The second-order valence-corrected chi connectivity index (χ2v) is 16.3. The van der Waals surface area contributed by atoms with E-state index in [2.05, 4.69) is 20.8 Å². The largest absolute Gasteiger partial charge is 1.00 e. The number of halogens is 1. The summed E-state index contributed by atoms with van der Waals surface area (Å²) in [5, 5.41) is 4.59. The van der Waals surface area contributed by atoms with Crippen molar-refractivity contribution >= 4 is 25.4 Å². The normalized spacial score (nSPS) is 13.7. The van der Waals surface area contributed by atoms with Crippen molar-refractivity contribution in [3.8, 4) is 0 Å². The molecule has 0 unspecified atom stereocenters. The molecule has 0 spiro atoms. The summed E-state index contributed by atoms with van der Waals surface area (Å²) in [5.41, 5.74) is 1.20. The van der Waals surface area contributed by atoms with Crippen LogP contribution < -0.4 is 17.0 Å². The maximum atomic E-state index is 12.8. The number of imide groups is 1. The van der Waals surface area contributed by atoms with E-state index < -0.39 is 13.6 Å². The van der Waals surface area contributed by atoms with Gasteiger partial charge in [0.15, 0.2) is 0 Å². The van der Waals surface area contributed by atoms with E-state index in [-0.39, 0.29) is 28.8 Å². The standard InChI is InChI=1S/C21H33AsNO2.BrH/c1-4-7-14-22(15-8-5-2,16-9-6-3)17-23-20(24)18-12-10-11-13-19(18)21(23)25;/h10-13H,4-9,14-17H2,1-3H3;1H/q+1;/p-1. The number of carbonyl (C=O) groups excluding carboxylic acids is 2. The quantitative estimate of drug-likeness (QED) is 0.357. The average molecular weight is 486 g/mol. The van der Waals surface area contributed by atoms with Crippen molar-refractivity contribution in [1.29, 1.82) is 0 Å². The molecule has 0 radical (unpaired) electrons. The third kappa shape index (κ3) is 5.45. The van der Waals surface area contributed by atoms with Gasteiger partial charge in [0.2, 0.25) is 0 Å². The molecule has 3 nitrogen and oxygen atoms in total. The van der Waals surface area contributed by atoms with Crippen LogP contribution in [0.3, 0.4) is 0 Å². The number of hydrogen-bond donors (Lipinski definition) is 0. The van der Waals surface area contributed by atoms with Crippen molar-refractivity contribution in [2.24, 2.45) is 0 Å². The molecule has 1 aliphatic rings. The van der Waals surface area contributed by atoms with Gasteiger partial charge in [-0.25, -0.2) is 0 Å². The Morgan fingerprint density at radius 2 is 1.15 bits per heavy atom. The van der Waals surface area contributed by atoms with Crippen molar-refractivity contribution in [1.82, 2.24) is 4.90 Å². The van der Waals surface area contributed by atoms with Crippen molar-refractivity contribution in [3.05, 3.63) is 35.4 Å². The number of nitrogens with zero attached hydrogens (tertiary/aromatic N) is 1. The van der Waals surface area contributed by atoms with Gasteiger partial charge < -0.3 is 17.0 Å². The molecular weight excluding hydrogens is 453 g/mol. The van der Waals surface area contributed by atoms with Crippen molar-refractivity contribution < 1.29 is 26.6 Å². The van der Waals surface area contributed by atoms with E-state index in [1.165, 1.54) is 54.2 Å². The first-order chi connectivity index (χ1) is 12.1. The Kier molecular flexibility index (Phi) is 10.2. The van der Waals surface area contributed by atoms with Crippen LogP contribution >= 0.6 is 0 Å². The van der Waals surface area contributed by atoms with Crippen LogP contribution in [0, 0.1) is 0 Å². The van der Waals surface area contributed by atoms with Gasteiger partial charge in [0, 0.05) is 0 Å². The third-order valence-electron chi connectivity index (χ3n) is 5.28. The summed E-state index contributed by atoms with van der Waals surface area (Å²) in [7, 11) is 0. The van der Waals surface area contributed by atoms with Crippen LogP contribution in [0.15, 0.2) is 24.3 Å². The minimum atomic E-state index is -2.08. The predicted octanol–water partition coefficient (Wildman–Crippen LogP) is 2.67. The van der Waals surface area contributed by atoms with Gasteiger partial charge >= 0.3 is 156 Å². The Labute approximate surface area is 172 Å². The Hall–Kier alpha value is -0.602. The molecule has 1 heterocycles. The van der Waals surface area contributed by atoms with Crippen LogP contribution in [0.2, 0.25) is 15.6 Å². The number of hydrogen-bond acceptors (Lipinski definition) is 2. The van der Waals surface area contributed by atoms with Crippen LogP contribution in [0.1, 0.15) is 80.0 Å². The number of benzene rings is 1. The summed E-state index contributed by atoms with van der Waals surface area (Å²) in [5.74, 6) is -0.119. The summed E-state index contributed by atoms with van der Waals surface area (Å²) in [4.78, 5) is 27.3. The van der Waals surface area contributed by atoms with E-state index in [1.54, 1.807) is 17.0 Å². The molecule has 1 aliphatic heterocycles. The fourth-order valence-corrected chi connectivity index (χ4v) is 14.0. The molecule has 1 aromatic rings. The van der Waals surface area contributed by atoms with Gasteiger partial charge in [-0.3, -0.25) is 0 Å². The molecule has 2 amide bonds. The van der Waals surface area contributed by atoms with Gasteiger partial charge in [0.25, 0.3) is 0 Å². The molecular formula is C21H33AsBrNO2. The molecule has 0 aromatic heterocycles. The zero-order valence-corrected chi connectivity index (χ0v) is 19.9. The zero-order chi connectivity index (χ0) is 18.3. The molecule has 0 N–H and O–H groups in total. The first-order valence-electron chi connectivity index (χ1n) is 9.89. The number of rotatable bonds is 11. The Bertz CT molecular complexity index is 549. The van der Waals surface area contributed by atoms with Crippen LogP contribution in [-0.2, 0) is 0 Å². The summed E-state index contributed by atoms with van der Waals surface area (Å²) < 4.78 is 0. The monoisotopic (exact) mass is 485 g/mol. The number of unbranched alkanes of at least 4 members (excludes halogenated alkanes) is 3. The van der Waals surface area contributed by atoms with Crippen molar-refractivity contribution in [2.75, 3.05) is 5.33 Å². The fourth-order valence-electron chi connectivity index (χ4n) is 3.70. The smallest absolute Gasteiger partial charge is 1.00 e. The Morgan fingerprint density at radius 1 is 0.769 bits per heavy atom. The summed E-state index contributed by atoms with van der Waals surface area (Å²) in [6.07, 6.45) is 7.31. The maximum absolute atomic E-state index is 12.8. The molecule has 1 aromatic carbocycles. The zero-order valence-electron chi connectivity index (χ0n) is 16.5. The van der Waals surface area contributed by atoms with Crippen molar-refractivity contribution in [2.45, 2.75) is 74.9 Å². The van der Waals surface area contributed by atoms with E-state index in [0.717, 1.165) is 5.33 Å². The fraction of sp³-hybridized carbons (Fsp3) is 0.619. The molecule has 0 bridgehead atoms. The van der Waals surface area contributed by atoms with Crippen LogP contribution in [0.25, 0.3) is 0 Å². The topological polar surface area (TPSA) is 37.4 Å². The first-order valence-corrected chi connectivity index (χ1v) is 15.2. The Morgan fingerprint density at radius 3 is 1.50 bits per heavy atom. The summed E-state index contributed by atoms with van der Waals surface area (Å²) >= 11 is -2.08. The van der Waals surface area contributed by atoms with Crippen LogP contribution in [0.4, 0.5) is 0 Å². The van der Waals surface area contributed by atoms with Gasteiger partial charge in [0.05, 0.1) is 0 Å². The maximum Gasteiger partial charge on any atom is -1.00 e. The van der Waals surface area contributed by atoms with Gasteiger partial charge in [-0.05, 0) is 0 Å². The number of carbonyl (C=O) groups is 2. The molecule has 0 saturated heterocycles. The van der Waals surface area contributed by atoms with Gasteiger partial charge in [-0.1, -0.05) is 0 Å². The molecule has 0 saturated carbocycles. The number of fused-ring (bicyclic) bond motifs is 1. The molecule has 146 valence electrons. The SMILES string of the molecule is CCCC[As+](CCCC)(CCCC)CN1C(=O)c2ccccc2C1=O.[Br-]. The molecule has 0 atom stereocenters. The minimum absolute atomic E-state index is 0. The van der Waals surface area contributed by atoms with Gasteiger partial charge in [0.1, 0.15) is 0 Å². The number of amides is 2. The van der Waals surface area contributed by atoms with Crippen molar-refractivity contribution in [3.63, 3.8) is 0 Å². The molecule has 2 rings (SSSR count). The molecule has 0 aliphatic carbocycles. The third-order valence-corrected chi connectivity index (χ3v) is 15.1. The summed E-state index contributed by atoms with van der Waals surface area (Å²) in [6.45, 7) is 6.73. The van der Waals surface area contributed by atoms with Crippen LogP contribution in [0.5, 0.6) is 0 Å². The van der Waals surface area contributed by atoms with E-state index in [0.29, 0.717) is 11.1 Å². The Balaban J connectivity index is 0.00000338. The second kappa shape index (κ2) is 11.3. The van der Waals surface area contributed by atoms with E-state index >= 15 is 0 Å². The summed E-state index contributed by atoms with van der Waals surface area (Å²) in [6, 6.07) is 7.30. The van der Waals surface area contributed by atoms with E-state index in [9.17, 15) is 9.59 Å². The molecule has 5 heteroatoms.